The van der Waals surface area contributed by atoms with Gasteiger partial charge in [-0.1, -0.05) is 382 Å². The Morgan fingerprint density at radius 3 is 0.647 bits per heavy atom. The summed E-state index contributed by atoms with van der Waals surface area (Å²) in [5.41, 5.74) is 32.5. The zero-order valence-electron chi connectivity index (χ0n) is 80.9. The minimum Gasteiger partial charge on any atom is -0.456 e. The van der Waals surface area contributed by atoms with Gasteiger partial charge in [-0.25, -0.2) is 0 Å². The maximum Gasteiger partial charge on any atom is 0.143 e. The van der Waals surface area contributed by atoms with Gasteiger partial charge in [0.2, 0.25) is 0 Å². The van der Waals surface area contributed by atoms with Crippen molar-refractivity contribution < 1.29 is 26.5 Å². The van der Waals surface area contributed by atoms with Crippen molar-refractivity contribution in [1.82, 2.24) is 0 Å². The monoisotopic (exact) mass is 1910 g/mol. The highest BCUT2D eigenvalue weighted by Gasteiger charge is 2.26. The van der Waals surface area contributed by atoms with Crippen LogP contribution >= 0.6 is 0 Å². The highest BCUT2D eigenvalue weighted by Crippen LogP contribution is 2.53. The lowest BCUT2D eigenvalue weighted by molar-refractivity contribution is 0.668. The highest BCUT2D eigenvalue weighted by atomic mass is 16.3. The summed E-state index contributed by atoms with van der Waals surface area (Å²) in [4.78, 5) is 0. The Kier molecular flexibility index (Phi) is 19.1. The molecule has 0 radical (unpaired) electrons. The SMILES string of the molecule is c1cc(-c2c3ccccc3c(-c3ccc4oc5cc6ccccc6cc5c4c3)c3ccccc23)cc(-c2cccc3c2oc2ccccc23)c1.c1cc(-c2ccc3oc4ccccc4c3c2)cc(-c2c3ccccc3c(-c3ccc4oc5cc6ccccc6cc5c4c3)c3ccccc23)c1.c1ccc2cc3c(cc2c1)oc1ccc(-c2c4ccccc4c(-c4ccc(-c5ccc6oc7ccccc7c6c5)cc4)c4ccccc24)cc13. The first-order chi connectivity index (χ1) is 74.3. The lowest BCUT2D eigenvalue weighted by Gasteiger charge is -2.18. The van der Waals surface area contributed by atoms with Crippen molar-refractivity contribution in [3.63, 3.8) is 0 Å². The Labute approximate surface area is 858 Å². The average molecular weight is 1910 g/mol. The smallest absolute Gasteiger partial charge is 0.143 e. The van der Waals surface area contributed by atoms with Crippen LogP contribution in [-0.2, 0) is 0 Å². The number of furan rings is 6. The van der Waals surface area contributed by atoms with E-state index >= 15 is 0 Å². The summed E-state index contributed by atoms with van der Waals surface area (Å²) in [6, 6.07) is 183. The van der Waals surface area contributed by atoms with Gasteiger partial charge in [0.15, 0.2) is 0 Å². The summed E-state index contributed by atoms with van der Waals surface area (Å²) in [5.74, 6) is 0. The fraction of sp³-hybridized carbons (Fsp3) is 0. The van der Waals surface area contributed by atoms with Crippen molar-refractivity contribution in [2.24, 2.45) is 0 Å². The lowest BCUT2D eigenvalue weighted by Crippen LogP contribution is -1.91. The number of para-hydroxylation sites is 4. The molecule has 27 aromatic carbocycles. The maximum atomic E-state index is 6.45. The van der Waals surface area contributed by atoms with E-state index in [1.807, 2.05) is 36.4 Å². The largest absolute Gasteiger partial charge is 0.456 e. The predicted molar refractivity (Wildman–Crippen MR) is 629 cm³/mol. The molecule has 6 heterocycles. The van der Waals surface area contributed by atoms with Gasteiger partial charge in [0.25, 0.3) is 0 Å². The number of rotatable bonds is 9. The third-order valence-electron chi connectivity index (χ3n) is 31.3. The van der Waals surface area contributed by atoms with Crippen LogP contribution in [0.25, 0.3) is 329 Å². The molecule has 0 unspecified atom stereocenters. The first-order valence-corrected chi connectivity index (χ1v) is 51.2. The van der Waals surface area contributed by atoms with Gasteiger partial charge in [-0.15, -0.1) is 0 Å². The molecule has 0 atom stereocenters. The molecular formula is C144H84O6. The first kappa shape index (κ1) is 84.6. The number of hydrogen-bond donors (Lipinski definition) is 0. The molecule has 6 nitrogen and oxygen atoms in total. The van der Waals surface area contributed by atoms with Crippen molar-refractivity contribution in [2.45, 2.75) is 0 Å². The Hall–Kier alpha value is -19.9. The molecule has 150 heavy (non-hydrogen) atoms. The number of fused-ring (bicyclic) bond motifs is 27. The molecule has 0 aliphatic heterocycles. The van der Waals surface area contributed by atoms with Crippen LogP contribution in [0, 0.1) is 0 Å². The van der Waals surface area contributed by atoms with E-state index in [1.54, 1.807) is 0 Å². The molecule has 0 aliphatic rings. The van der Waals surface area contributed by atoms with E-state index in [9.17, 15) is 0 Å². The van der Waals surface area contributed by atoms with E-state index in [0.717, 1.165) is 143 Å². The molecular weight excluding hydrogens is 1830 g/mol. The van der Waals surface area contributed by atoms with Gasteiger partial charge in [0.1, 0.15) is 67.0 Å². The minimum atomic E-state index is 0.903. The van der Waals surface area contributed by atoms with E-state index in [4.69, 9.17) is 26.5 Å². The first-order valence-electron chi connectivity index (χ1n) is 51.2. The van der Waals surface area contributed by atoms with Gasteiger partial charge >= 0.3 is 0 Å². The topological polar surface area (TPSA) is 78.8 Å². The van der Waals surface area contributed by atoms with E-state index in [0.29, 0.717) is 0 Å². The molecule has 6 aromatic heterocycles. The molecule has 0 fully saturated rings. The zero-order valence-corrected chi connectivity index (χ0v) is 80.9. The molecule has 0 saturated carbocycles. The van der Waals surface area contributed by atoms with E-state index in [2.05, 4.69) is 473 Å². The summed E-state index contributed by atoms with van der Waals surface area (Å²) in [6.07, 6.45) is 0. The van der Waals surface area contributed by atoms with Gasteiger partial charge in [0.05, 0.1) is 0 Å². The second-order valence-corrected chi connectivity index (χ2v) is 39.7. The molecule has 0 aliphatic carbocycles. The predicted octanol–water partition coefficient (Wildman–Crippen LogP) is 41.8. The maximum absolute atomic E-state index is 6.45. The van der Waals surface area contributed by atoms with Gasteiger partial charge < -0.3 is 26.5 Å². The van der Waals surface area contributed by atoms with E-state index in [1.165, 1.54) is 186 Å². The summed E-state index contributed by atoms with van der Waals surface area (Å²) in [7, 11) is 0. The van der Waals surface area contributed by atoms with Gasteiger partial charge in [0, 0.05) is 70.2 Å². The van der Waals surface area contributed by atoms with Crippen LogP contribution < -0.4 is 0 Å². The van der Waals surface area contributed by atoms with Crippen LogP contribution in [0.5, 0.6) is 0 Å². The lowest BCUT2D eigenvalue weighted by atomic mass is 9.85. The number of hydrogen-bond acceptors (Lipinski definition) is 6. The second-order valence-electron chi connectivity index (χ2n) is 39.7. The van der Waals surface area contributed by atoms with E-state index < -0.39 is 0 Å². The molecule has 0 spiro atoms. The fourth-order valence-corrected chi connectivity index (χ4v) is 24.4. The Morgan fingerprint density at radius 2 is 0.293 bits per heavy atom. The second kappa shape index (κ2) is 33.9. The molecule has 0 saturated heterocycles. The summed E-state index contributed by atoms with van der Waals surface area (Å²) in [6.45, 7) is 0. The molecule has 0 amide bonds. The standard InChI is InChI=1S/3C48H28O2/c1-2-12-30-28-45-42(26-29(30)11-1)41-27-33(23-24-44(41)49-45)47-38-18-5-3-16-36(38)46(37-17-4-6-19-39(37)47)32-14-9-13-31(25-32)34-20-10-21-40-35-15-7-8-22-43(35)50-48(34)40;1-2-11-31-28-46-42(25-30(31)10-1)41-27-34(21-23-45(41)50-46)48-38-17-5-3-15-36(38)47(37-16-4-6-18-39(37)48)33-13-9-12-29(24-33)32-20-22-44-40(26-32)35-14-7-8-19-43(35)49-44;1-2-10-32-28-46-42(25-31(32)9-1)41-27-34(22-24-45(41)50-46)48-38-14-5-3-12-36(38)47(37-13-4-6-15-39(37)48)30-19-17-29(18-20-30)33-21-23-44-40(26-33)35-11-7-8-16-43(35)49-44/h3*1-28H. The minimum absolute atomic E-state index is 0.903. The van der Waals surface area contributed by atoms with Crippen LogP contribution in [0.15, 0.2) is 536 Å². The molecule has 0 bridgehead atoms. The Morgan fingerprint density at radius 1 is 0.0933 bits per heavy atom. The van der Waals surface area contributed by atoms with Gasteiger partial charge in [-0.05, 0) is 319 Å². The van der Waals surface area contributed by atoms with Crippen molar-refractivity contribution in [3.05, 3.63) is 510 Å². The van der Waals surface area contributed by atoms with Crippen LogP contribution in [0.4, 0.5) is 0 Å². The van der Waals surface area contributed by atoms with Crippen molar-refractivity contribution in [3.8, 4) is 100 Å². The van der Waals surface area contributed by atoms with E-state index in [-0.39, 0.29) is 0 Å². The van der Waals surface area contributed by atoms with Crippen LogP contribution in [0.3, 0.4) is 0 Å². The molecule has 0 N–H and O–H groups in total. The molecule has 33 rings (SSSR count). The van der Waals surface area contributed by atoms with Gasteiger partial charge in [-0.3, -0.25) is 0 Å². The third-order valence-corrected chi connectivity index (χ3v) is 31.3. The summed E-state index contributed by atoms with van der Waals surface area (Å²) >= 11 is 0. The van der Waals surface area contributed by atoms with Gasteiger partial charge in [-0.2, -0.15) is 0 Å². The van der Waals surface area contributed by atoms with Crippen LogP contribution in [0.1, 0.15) is 0 Å². The average Bonchev–Trinajstić information content (AvgIpc) is 0.950. The third kappa shape index (κ3) is 13.7. The molecule has 696 valence electrons. The highest BCUT2D eigenvalue weighted by molar-refractivity contribution is 6.28. The van der Waals surface area contributed by atoms with Crippen LogP contribution in [0.2, 0.25) is 0 Å². The Bertz CT molecular complexity index is 11300. The van der Waals surface area contributed by atoms with Crippen molar-refractivity contribution >= 4 is 229 Å². The normalized spacial score (nSPS) is 12.0. The van der Waals surface area contributed by atoms with Crippen molar-refractivity contribution in [1.29, 1.82) is 0 Å². The fourth-order valence-electron chi connectivity index (χ4n) is 24.4. The quantitative estimate of drug-likeness (QED) is 0.134. The van der Waals surface area contributed by atoms with Crippen LogP contribution in [-0.4, -0.2) is 0 Å². The summed E-state index contributed by atoms with van der Waals surface area (Å²) in [5, 5.41) is 35.7. The zero-order chi connectivity index (χ0) is 98.3. The molecule has 6 heteroatoms. The Balaban J connectivity index is 0.000000101. The molecule has 33 aromatic rings. The summed E-state index contributed by atoms with van der Waals surface area (Å²) < 4.78 is 37.8. The number of benzene rings is 27. The van der Waals surface area contributed by atoms with Crippen molar-refractivity contribution in [2.75, 3.05) is 0 Å².